The highest BCUT2D eigenvalue weighted by atomic mass is 16.7. The number of carbonyl (C=O) groups excluding carboxylic acids is 3. The van der Waals surface area contributed by atoms with Crippen molar-refractivity contribution >= 4 is 28.7 Å². The molecule has 1 aliphatic heterocycles. The minimum Gasteiger partial charge on any atom is -0.324 e. The van der Waals surface area contributed by atoms with Crippen molar-refractivity contribution < 1.29 is 19.2 Å². The van der Waals surface area contributed by atoms with E-state index in [0.717, 1.165) is 11.1 Å². The Balaban J connectivity index is 1.68. The average Bonchev–Trinajstić information content (AvgIpc) is 3.09. The van der Waals surface area contributed by atoms with Gasteiger partial charge in [-0.3, -0.25) is 14.7 Å². The van der Waals surface area contributed by atoms with Crippen LogP contribution < -0.4 is 0 Å². The van der Waals surface area contributed by atoms with Gasteiger partial charge in [-0.15, -0.1) is 0 Å². The molecule has 1 aromatic heterocycles. The number of aromatic amines is 1. The fourth-order valence-electron chi connectivity index (χ4n) is 2.71. The zero-order chi connectivity index (χ0) is 16.8. The number of aryl methyl sites for hydroxylation is 1. The SMILES string of the molecule is Cc1[nH]nc2c(C(=O)ON3C(=O)c4ccccc4C3=O)cccc12. The molecular formula is C17H11N3O4. The summed E-state index contributed by atoms with van der Waals surface area (Å²) in [6, 6.07) is 11.3. The smallest absolute Gasteiger partial charge is 0.324 e. The lowest BCUT2D eigenvalue weighted by Gasteiger charge is -2.12. The van der Waals surface area contributed by atoms with Gasteiger partial charge in [0.25, 0.3) is 11.8 Å². The first-order valence-electron chi connectivity index (χ1n) is 7.21. The highest BCUT2D eigenvalue weighted by molar-refractivity contribution is 6.21. The van der Waals surface area contributed by atoms with E-state index in [0.29, 0.717) is 10.6 Å². The maximum atomic E-state index is 12.4. The van der Waals surface area contributed by atoms with Crippen LogP contribution in [0.15, 0.2) is 42.5 Å². The second kappa shape index (κ2) is 5.02. The number of aromatic nitrogens is 2. The summed E-state index contributed by atoms with van der Waals surface area (Å²) < 4.78 is 0. The van der Waals surface area contributed by atoms with Gasteiger partial charge in [-0.05, 0) is 25.1 Å². The summed E-state index contributed by atoms with van der Waals surface area (Å²) in [6.07, 6.45) is 0. The Morgan fingerprint density at radius 3 is 2.38 bits per heavy atom. The molecule has 2 heterocycles. The number of imide groups is 1. The number of fused-ring (bicyclic) bond motifs is 2. The molecule has 7 nitrogen and oxygen atoms in total. The second-order valence-corrected chi connectivity index (χ2v) is 5.38. The molecular weight excluding hydrogens is 310 g/mol. The molecule has 0 fully saturated rings. The first-order valence-corrected chi connectivity index (χ1v) is 7.21. The van der Waals surface area contributed by atoms with Gasteiger partial charge in [-0.2, -0.15) is 5.10 Å². The van der Waals surface area contributed by atoms with Crippen LogP contribution in [0.1, 0.15) is 36.8 Å². The highest BCUT2D eigenvalue weighted by Gasteiger charge is 2.39. The minimum absolute atomic E-state index is 0.174. The van der Waals surface area contributed by atoms with Crippen molar-refractivity contribution in [2.24, 2.45) is 0 Å². The van der Waals surface area contributed by atoms with Crippen molar-refractivity contribution in [1.82, 2.24) is 15.3 Å². The number of hydroxylamine groups is 2. The fourth-order valence-corrected chi connectivity index (χ4v) is 2.71. The Morgan fingerprint density at radius 2 is 1.71 bits per heavy atom. The van der Waals surface area contributed by atoms with Gasteiger partial charge < -0.3 is 4.84 Å². The highest BCUT2D eigenvalue weighted by Crippen LogP contribution is 2.25. The van der Waals surface area contributed by atoms with Crippen LogP contribution in [0.5, 0.6) is 0 Å². The Kier molecular flexibility index (Phi) is 2.96. The number of nitrogens with one attached hydrogen (secondary N) is 1. The Labute approximate surface area is 135 Å². The molecule has 3 aromatic rings. The largest absolute Gasteiger partial charge is 0.366 e. The molecule has 0 saturated carbocycles. The third kappa shape index (κ3) is 1.91. The summed E-state index contributed by atoms with van der Waals surface area (Å²) in [6.45, 7) is 1.83. The third-order valence-electron chi connectivity index (χ3n) is 3.93. The van der Waals surface area contributed by atoms with Crippen LogP contribution in [0.2, 0.25) is 0 Å². The second-order valence-electron chi connectivity index (χ2n) is 5.38. The van der Waals surface area contributed by atoms with Crippen molar-refractivity contribution in [3.8, 4) is 0 Å². The van der Waals surface area contributed by atoms with E-state index in [1.165, 1.54) is 18.2 Å². The Hall–Kier alpha value is -3.48. The lowest BCUT2D eigenvalue weighted by atomic mass is 10.1. The van der Waals surface area contributed by atoms with Crippen molar-refractivity contribution in [2.75, 3.05) is 0 Å². The molecule has 118 valence electrons. The normalized spacial score (nSPS) is 13.5. The third-order valence-corrected chi connectivity index (χ3v) is 3.93. The summed E-state index contributed by atoms with van der Waals surface area (Å²) >= 11 is 0. The van der Waals surface area contributed by atoms with E-state index in [1.54, 1.807) is 18.2 Å². The van der Waals surface area contributed by atoms with E-state index >= 15 is 0 Å². The number of benzene rings is 2. The van der Waals surface area contributed by atoms with Gasteiger partial charge in [0, 0.05) is 11.1 Å². The predicted molar refractivity (Wildman–Crippen MR) is 83.2 cm³/mol. The van der Waals surface area contributed by atoms with Crippen molar-refractivity contribution in [2.45, 2.75) is 6.92 Å². The first kappa shape index (κ1) is 14.1. The van der Waals surface area contributed by atoms with Crippen LogP contribution >= 0.6 is 0 Å². The Bertz CT molecular complexity index is 987. The summed E-state index contributed by atoms with van der Waals surface area (Å²) in [5.41, 5.74) is 1.83. The van der Waals surface area contributed by atoms with E-state index in [9.17, 15) is 14.4 Å². The molecule has 4 rings (SSSR count). The number of para-hydroxylation sites is 1. The fraction of sp³-hybridized carbons (Fsp3) is 0.0588. The van der Waals surface area contributed by atoms with Gasteiger partial charge in [-0.25, -0.2) is 4.79 Å². The van der Waals surface area contributed by atoms with Gasteiger partial charge in [0.2, 0.25) is 0 Å². The molecule has 24 heavy (non-hydrogen) atoms. The molecule has 0 spiro atoms. The zero-order valence-corrected chi connectivity index (χ0v) is 12.6. The van der Waals surface area contributed by atoms with Crippen molar-refractivity contribution in [3.05, 3.63) is 64.8 Å². The van der Waals surface area contributed by atoms with Gasteiger partial charge in [-0.1, -0.05) is 29.3 Å². The topological polar surface area (TPSA) is 92.4 Å². The van der Waals surface area contributed by atoms with E-state index in [1.807, 2.05) is 13.0 Å². The number of H-pyrrole nitrogens is 1. The van der Waals surface area contributed by atoms with Crippen molar-refractivity contribution in [3.63, 3.8) is 0 Å². The van der Waals surface area contributed by atoms with Gasteiger partial charge in [0.05, 0.1) is 16.7 Å². The monoisotopic (exact) mass is 321 g/mol. The molecule has 2 amide bonds. The number of amides is 2. The van der Waals surface area contributed by atoms with Crippen LogP contribution in [0.3, 0.4) is 0 Å². The van der Waals surface area contributed by atoms with Gasteiger partial charge in [0.1, 0.15) is 5.52 Å². The standard InChI is InChI=1S/C17H11N3O4/c1-9-10-7-4-8-13(14(10)19-18-9)17(23)24-20-15(21)11-5-2-3-6-12(11)16(20)22/h2-8H,1H3,(H,18,19). The molecule has 2 aromatic carbocycles. The van der Waals surface area contributed by atoms with Crippen LogP contribution in [0.4, 0.5) is 0 Å². The van der Waals surface area contributed by atoms with Crippen LogP contribution in [-0.2, 0) is 4.84 Å². The van der Waals surface area contributed by atoms with Gasteiger partial charge >= 0.3 is 5.97 Å². The van der Waals surface area contributed by atoms with E-state index < -0.39 is 17.8 Å². The van der Waals surface area contributed by atoms with Crippen LogP contribution in [0.25, 0.3) is 10.9 Å². The van der Waals surface area contributed by atoms with E-state index in [2.05, 4.69) is 10.2 Å². The number of carbonyl (C=O) groups is 3. The summed E-state index contributed by atoms with van der Waals surface area (Å²) in [5, 5.41) is 8.13. The van der Waals surface area contributed by atoms with Crippen molar-refractivity contribution in [1.29, 1.82) is 0 Å². The molecule has 0 saturated heterocycles. The average molecular weight is 321 g/mol. The van der Waals surface area contributed by atoms with E-state index in [4.69, 9.17) is 4.84 Å². The number of hydrogen-bond acceptors (Lipinski definition) is 5. The van der Waals surface area contributed by atoms with E-state index in [-0.39, 0.29) is 16.7 Å². The lowest BCUT2D eigenvalue weighted by molar-refractivity contribution is -0.0583. The number of nitrogens with zero attached hydrogens (tertiary/aromatic N) is 2. The summed E-state index contributed by atoms with van der Waals surface area (Å²) in [7, 11) is 0. The molecule has 0 bridgehead atoms. The maximum Gasteiger partial charge on any atom is 0.366 e. The summed E-state index contributed by atoms with van der Waals surface area (Å²) in [5.74, 6) is -2.13. The minimum atomic E-state index is -0.818. The van der Waals surface area contributed by atoms with Crippen LogP contribution in [-0.4, -0.2) is 33.0 Å². The lowest BCUT2D eigenvalue weighted by Crippen LogP contribution is -2.32. The quantitative estimate of drug-likeness (QED) is 0.731. The zero-order valence-electron chi connectivity index (χ0n) is 12.6. The molecule has 0 atom stereocenters. The molecule has 0 radical (unpaired) electrons. The molecule has 7 heteroatoms. The number of rotatable bonds is 2. The molecule has 0 unspecified atom stereocenters. The molecule has 1 aliphatic rings. The maximum absolute atomic E-state index is 12.4. The molecule has 0 aliphatic carbocycles. The van der Waals surface area contributed by atoms with Crippen LogP contribution in [0, 0.1) is 6.92 Å². The summed E-state index contributed by atoms with van der Waals surface area (Å²) in [4.78, 5) is 42.0. The van der Waals surface area contributed by atoms with Gasteiger partial charge in [0.15, 0.2) is 0 Å². The Morgan fingerprint density at radius 1 is 1.04 bits per heavy atom. The first-order chi connectivity index (χ1) is 11.6. The number of hydrogen-bond donors (Lipinski definition) is 1. The molecule has 1 N–H and O–H groups in total. The predicted octanol–water partition coefficient (Wildman–Crippen LogP) is 2.24.